The molecule has 66 valence electrons. The van der Waals surface area contributed by atoms with Gasteiger partial charge >= 0.3 is 6.02 Å². The van der Waals surface area contributed by atoms with Crippen molar-refractivity contribution in [1.29, 1.82) is 5.41 Å². The minimum atomic E-state index is -0.159. The van der Waals surface area contributed by atoms with Crippen molar-refractivity contribution in [3.05, 3.63) is 35.9 Å². The van der Waals surface area contributed by atoms with Crippen molar-refractivity contribution in [2.24, 2.45) is 4.99 Å². The van der Waals surface area contributed by atoms with Crippen molar-refractivity contribution in [3.8, 4) is 0 Å². The number of nitrogens with one attached hydrogen (secondary N) is 1. The molecule has 1 aromatic carbocycles. The first-order valence-corrected chi connectivity index (χ1v) is 4.13. The molecule has 0 fully saturated rings. The summed E-state index contributed by atoms with van der Waals surface area (Å²) in [4.78, 5) is 3.92. The first-order chi connectivity index (χ1) is 6.27. The van der Waals surface area contributed by atoms with E-state index in [0.717, 1.165) is 11.3 Å². The van der Waals surface area contributed by atoms with Crippen LogP contribution in [0.4, 0.5) is 0 Å². The molecule has 1 aromatic rings. The van der Waals surface area contributed by atoms with Crippen LogP contribution in [0.25, 0.3) is 0 Å². The Morgan fingerprint density at radius 3 is 2.54 bits per heavy atom. The number of ether oxygens (including phenoxy) is 1. The Morgan fingerprint density at radius 2 is 2.00 bits per heavy atom. The fourth-order valence-corrected chi connectivity index (χ4v) is 1.38. The molecule has 0 amide bonds. The summed E-state index contributed by atoms with van der Waals surface area (Å²) in [5.74, 6) is 0. The summed E-state index contributed by atoms with van der Waals surface area (Å²) in [5, 5.41) is 7.25. The van der Waals surface area contributed by atoms with Gasteiger partial charge in [0, 0.05) is 0 Å². The molecule has 1 N–H and O–H groups in total. The van der Waals surface area contributed by atoms with Gasteiger partial charge in [0.1, 0.15) is 0 Å². The zero-order valence-electron chi connectivity index (χ0n) is 7.32. The van der Waals surface area contributed by atoms with Gasteiger partial charge in [-0.25, -0.2) is 10.4 Å². The first kappa shape index (κ1) is 7.98. The molecule has 1 atom stereocenters. The number of rotatable bonds is 1. The Bertz CT molecular complexity index is 356. The number of amidine groups is 1. The van der Waals surface area contributed by atoms with E-state index in [1.165, 1.54) is 0 Å². The van der Waals surface area contributed by atoms with E-state index < -0.39 is 0 Å². The van der Waals surface area contributed by atoms with E-state index in [1.807, 2.05) is 37.3 Å². The molecule has 2 rings (SSSR count). The van der Waals surface area contributed by atoms with Gasteiger partial charge in [-0.15, -0.1) is 0 Å². The molecule has 0 spiro atoms. The standard InChI is InChI=1S/C10H10N2O/c1-7-9(13-10(11)12-7)8-5-3-2-4-6-8/h2-6,9,11H,1H3. The second-order valence-electron chi connectivity index (χ2n) is 2.97. The van der Waals surface area contributed by atoms with E-state index >= 15 is 0 Å². The molecule has 1 aliphatic heterocycles. The van der Waals surface area contributed by atoms with Crippen LogP contribution in [0.15, 0.2) is 35.3 Å². The molecule has 0 aromatic heterocycles. The lowest BCUT2D eigenvalue weighted by Crippen LogP contribution is -2.06. The van der Waals surface area contributed by atoms with Crippen LogP contribution in [-0.4, -0.2) is 11.7 Å². The summed E-state index contributed by atoms with van der Waals surface area (Å²) < 4.78 is 5.24. The van der Waals surface area contributed by atoms with Gasteiger partial charge in [0.2, 0.25) is 0 Å². The van der Waals surface area contributed by atoms with E-state index in [2.05, 4.69) is 4.99 Å². The van der Waals surface area contributed by atoms with E-state index in [0.29, 0.717) is 0 Å². The highest BCUT2D eigenvalue weighted by molar-refractivity contribution is 6.00. The molecule has 1 heterocycles. The Kier molecular flexibility index (Phi) is 1.85. The molecule has 0 radical (unpaired) electrons. The van der Waals surface area contributed by atoms with Crippen LogP contribution in [0.5, 0.6) is 0 Å². The lowest BCUT2D eigenvalue weighted by molar-refractivity contribution is 0.268. The van der Waals surface area contributed by atoms with Crippen LogP contribution in [-0.2, 0) is 4.74 Å². The van der Waals surface area contributed by atoms with Gasteiger partial charge in [-0.1, -0.05) is 30.3 Å². The Balaban J connectivity index is 2.30. The Hall–Kier alpha value is -1.64. The molecule has 0 bridgehead atoms. The molecule has 0 aliphatic carbocycles. The quantitative estimate of drug-likeness (QED) is 0.696. The third-order valence-electron chi connectivity index (χ3n) is 1.99. The van der Waals surface area contributed by atoms with E-state index in [-0.39, 0.29) is 12.1 Å². The minimum Gasteiger partial charge on any atom is -0.449 e. The lowest BCUT2D eigenvalue weighted by atomic mass is 10.1. The van der Waals surface area contributed by atoms with Gasteiger partial charge in [0.05, 0.1) is 5.71 Å². The van der Waals surface area contributed by atoms with Crippen molar-refractivity contribution < 1.29 is 4.74 Å². The van der Waals surface area contributed by atoms with Gasteiger partial charge in [-0.2, -0.15) is 0 Å². The van der Waals surface area contributed by atoms with Crippen molar-refractivity contribution in [3.63, 3.8) is 0 Å². The highest BCUT2D eigenvalue weighted by Gasteiger charge is 2.23. The first-order valence-electron chi connectivity index (χ1n) is 4.13. The average Bonchev–Trinajstić information content (AvgIpc) is 2.47. The Morgan fingerprint density at radius 1 is 1.31 bits per heavy atom. The zero-order chi connectivity index (χ0) is 9.26. The number of hydrogen-bond donors (Lipinski definition) is 1. The molecule has 0 saturated carbocycles. The highest BCUT2D eigenvalue weighted by Crippen LogP contribution is 2.23. The maximum Gasteiger partial charge on any atom is 0.309 e. The molecule has 0 saturated heterocycles. The van der Waals surface area contributed by atoms with Crippen LogP contribution in [0.2, 0.25) is 0 Å². The highest BCUT2D eigenvalue weighted by atomic mass is 16.5. The second-order valence-corrected chi connectivity index (χ2v) is 2.97. The van der Waals surface area contributed by atoms with Gasteiger partial charge in [0.25, 0.3) is 0 Å². The number of benzene rings is 1. The van der Waals surface area contributed by atoms with Crippen molar-refractivity contribution in [2.75, 3.05) is 0 Å². The van der Waals surface area contributed by atoms with Crippen LogP contribution >= 0.6 is 0 Å². The molecule has 3 heteroatoms. The van der Waals surface area contributed by atoms with Crippen molar-refractivity contribution in [1.82, 2.24) is 0 Å². The maximum absolute atomic E-state index is 7.25. The third-order valence-corrected chi connectivity index (χ3v) is 1.99. The van der Waals surface area contributed by atoms with Gasteiger partial charge < -0.3 is 4.74 Å². The van der Waals surface area contributed by atoms with Gasteiger partial charge in [-0.05, 0) is 12.5 Å². The number of hydrogen-bond acceptors (Lipinski definition) is 2. The lowest BCUT2D eigenvalue weighted by Gasteiger charge is -2.09. The molecular formula is C10H10N2O. The fourth-order valence-electron chi connectivity index (χ4n) is 1.38. The van der Waals surface area contributed by atoms with Crippen LogP contribution < -0.4 is 0 Å². The molecule has 1 unspecified atom stereocenters. The number of nitrogens with zero attached hydrogens (tertiary/aromatic N) is 1. The monoisotopic (exact) mass is 174 g/mol. The van der Waals surface area contributed by atoms with E-state index in [4.69, 9.17) is 10.1 Å². The zero-order valence-corrected chi connectivity index (χ0v) is 7.32. The van der Waals surface area contributed by atoms with Crippen molar-refractivity contribution in [2.45, 2.75) is 13.0 Å². The summed E-state index contributed by atoms with van der Waals surface area (Å²) in [7, 11) is 0. The van der Waals surface area contributed by atoms with E-state index in [1.54, 1.807) is 0 Å². The SMILES string of the molecule is CC1=NC(=N)OC1c1ccccc1. The van der Waals surface area contributed by atoms with Crippen LogP contribution in [0.1, 0.15) is 18.6 Å². The molecule has 3 nitrogen and oxygen atoms in total. The van der Waals surface area contributed by atoms with Gasteiger partial charge in [0.15, 0.2) is 6.10 Å². The van der Waals surface area contributed by atoms with Gasteiger partial charge in [-0.3, -0.25) is 0 Å². The third kappa shape index (κ3) is 1.45. The fraction of sp³-hybridized carbons (Fsp3) is 0.200. The second kappa shape index (κ2) is 3.01. The predicted molar refractivity (Wildman–Crippen MR) is 51.1 cm³/mol. The molecular weight excluding hydrogens is 164 g/mol. The minimum absolute atomic E-state index is 0.00588. The Labute approximate surface area is 76.6 Å². The topological polar surface area (TPSA) is 45.4 Å². The summed E-state index contributed by atoms with van der Waals surface area (Å²) in [5.41, 5.74) is 1.89. The molecule has 13 heavy (non-hydrogen) atoms. The summed E-state index contributed by atoms with van der Waals surface area (Å²) in [6.07, 6.45) is -0.159. The summed E-state index contributed by atoms with van der Waals surface area (Å²) in [6, 6.07) is 9.81. The van der Waals surface area contributed by atoms with E-state index in [9.17, 15) is 0 Å². The summed E-state index contributed by atoms with van der Waals surface area (Å²) >= 11 is 0. The van der Waals surface area contributed by atoms with Crippen LogP contribution in [0.3, 0.4) is 0 Å². The molecule has 1 aliphatic rings. The predicted octanol–water partition coefficient (Wildman–Crippen LogP) is 2.15. The number of aliphatic imine (C=N–C) groups is 1. The summed E-state index contributed by atoms with van der Waals surface area (Å²) in [6.45, 7) is 1.87. The van der Waals surface area contributed by atoms with Crippen molar-refractivity contribution >= 4 is 11.7 Å². The largest absolute Gasteiger partial charge is 0.449 e. The maximum atomic E-state index is 7.25. The normalized spacial score (nSPS) is 21.2. The smallest absolute Gasteiger partial charge is 0.309 e. The van der Waals surface area contributed by atoms with Crippen LogP contribution in [0, 0.1) is 5.41 Å². The average molecular weight is 174 g/mol.